The number of aryl methyl sites for hydroxylation is 2. The van der Waals surface area contributed by atoms with Crippen LogP contribution in [0.15, 0.2) is 36.5 Å². The zero-order valence-electron chi connectivity index (χ0n) is 15.2. The maximum atomic E-state index is 6.16. The average molecular weight is 361 g/mol. The molecule has 1 aromatic carbocycles. The summed E-state index contributed by atoms with van der Waals surface area (Å²) in [6.45, 7) is 10.4. The third-order valence-electron chi connectivity index (χ3n) is 4.43. The van der Waals surface area contributed by atoms with Crippen molar-refractivity contribution in [2.24, 2.45) is 0 Å². The number of rotatable bonds is 6. The van der Waals surface area contributed by atoms with Gasteiger partial charge in [-0.1, -0.05) is 18.2 Å². The zero-order valence-corrected chi connectivity index (χ0v) is 16.0. The standard InChI is InChI=1S/C20H24N2O2.ClH/c1-5-22-15(4)14(3)19-20(22)18(11-12-21-19)24-13-16-9-7-8-10-17(16)23-6-2;/h7-12H,5-6,13H2,1-4H3;1H. The first-order valence-corrected chi connectivity index (χ1v) is 8.45. The molecular formula is C20H25ClN2O2. The lowest BCUT2D eigenvalue weighted by Gasteiger charge is -2.13. The number of ether oxygens (including phenoxy) is 2. The van der Waals surface area contributed by atoms with Crippen LogP contribution >= 0.6 is 12.4 Å². The van der Waals surface area contributed by atoms with E-state index in [1.807, 2.05) is 43.5 Å². The predicted molar refractivity (Wildman–Crippen MR) is 104 cm³/mol. The minimum absolute atomic E-state index is 0. The van der Waals surface area contributed by atoms with Crippen LogP contribution in [0.2, 0.25) is 0 Å². The Hall–Kier alpha value is -2.20. The van der Waals surface area contributed by atoms with Crippen molar-refractivity contribution in [3.8, 4) is 11.5 Å². The Morgan fingerprint density at radius 1 is 1.00 bits per heavy atom. The molecule has 0 radical (unpaired) electrons. The predicted octanol–water partition coefficient (Wildman–Crippen LogP) is 5.07. The number of nitrogens with zero attached hydrogens (tertiary/aromatic N) is 2. The summed E-state index contributed by atoms with van der Waals surface area (Å²) in [5.41, 5.74) is 5.60. The minimum Gasteiger partial charge on any atom is -0.493 e. The van der Waals surface area contributed by atoms with Gasteiger partial charge in [0.15, 0.2) is 0 Å². The molecule has 0 aliphatic carbocycles. The van der Waals surface area contributed by atoms with Gasteiger partial charge in [-0.05, 0) is 39.3 Å². The van der Waals surface area contributed by atoms with Gasteiger partial charge in [-0.15, -0.1) is 12.4 Å². The van der Waals surface area contributed by atoms with Gasteiger partial charge in [0.05, 0.1) is 12.1 Å². The molecule has 3 rings (SSSR count). The highest BCUT2D eigenvalue weighted by atomic mass is 35.5. The minimum atomic E-state index is 0. The van der Waals surface area contributed by atoms with Gasteiger partial charge in [-0.3, -0.25) is 4.98 Å². The Bertz CT molecular complexity index is 858. The van der Waals surface area contributed by atoms with Crippen LogP contribution in [-0.2, 0) is 13.2 Å². The molecule has 0 aliphatic rings. The molecule has 0 amide bonds. The Kier molecular flexibility index (Phi) is 6.32. The van der Waals surface area contributed by atoms with E-state index in [4.69, 9.17) is 9.47 Å². The largest absolute Gasteiger partial charge is 0.493 e. The summed E-state index contributed by atoms with van der Waals surface area (Å²) in [6, 6.07) is 9.95. The van der Waals surface area contributed by atoms with Gasteiger partial charge in [0.25, 0.3) is 0 Å². The van der Waals surface area contributed by atoms with Crippen molar-refractivity contribution in [2.45, 2.75) is 40.8 Å². The maximum Gasteiger partial charge on any atom is 0.147 e. The van der Waals surface area contributed by atoms with E-state index in [1.165, 1.54) is 11.3 Å². The summed E-state index contributed by atoms with van der Waals surface area (Å²) in [4.78, 5) is 4.55. The molecule has 0 bridgehead atoms. The normalized spacial score (nSPS) is 10.6. The van der Waals surface area contributed by atoms with E-state index in [2.05, 4.69) is 30.3 Å². The molecule has 0 saturated carbocycles. The van der Waals surface area contributed by atoms with Crippen LogP contribution in [0.3, 0.4) is 0 Å². The highest BCUT2D eigenvalue weighted by Crippen LogP contribution is 2.31. The molecule has 4 nitrogen and oxygen atoms in total. The third-order valence-corrected chi connectivity index (χ3v) is 4.43. The van der Waals surface area contributed by atoms with E-state index in [0.29, 0.717) is 13.2 Å². The first kappa shape index (κ1) is 19.1. The molecule has 2 aromatic heterocycles. The fourth-order valence-electron chi connectivity index (χ4n) is 3.10. The van der Waals surface area contributed by atoms with Crippen molar-refractivity contribution in [3.63, 3.8) is 0 Å². The van der Waals surface area contributed by atoms with Gasteiger partial charge in [0.1, 0.15) is 23.6 Å². The number of halogens is 1. The summed E-state index contributed by atoms with van der Waals surface area (Å²) < 4.78 is 14.1. The van der Waals surface area contributed by atoms with Crippen molar-refractivity contribution < 1.29 is 9.47 Å². The fourth-order valence-corrected chi connectivity index (χ4v) is 3.10. The first-order chi connectivity index (χ1) is 11.7. The second kappa shape index (κ2) is 8.26. The molecule has 5 heteroatoms. The maximum absolute atomic E-state index is 6.16. The van der Waals surface area contributed by atoms with Crippen LogP contribution in [0.5, 0.6) is 11.5 Å². The van der Waals surface area contributed by atoms with Crippen molar-refractivity contribution in [3.05, 3.63) is 53.3 Å². The quantitative estimate of drug-likeness (QED) is 0.615. The Morgan fingerprint density at radius 2 is 1.76 bits per heavy atom. The number of hydrogen-bond acceptors (Lipinski definition) is 3. The monoisotopic (exact) mass is 360 g/mol. The van der Waals surface area contributed by atoms with Gasteiger partial charge >= 0.3 is 0 Å². The molecule has 0 atom stereocenters. The smallest absolute Gasteiger partial charge is 0.147 e. The number of aromatic nitrogens is 2. The SMILES string of the molecule is CCOc1ccccc1COc1ccnc2c(C)c(C)n(CC)c12.Cl. The molecule has 0 fully saturated rings. The van der Waals surface area contributed by atoms with Crippen LogP contribution in [0, 0.1) is 13.8 Å². The van der Waals surface area contributed by atoms with Crippen LogP contribution in [0.4, 0.5) is 0 Å². The van der Waals surface area contributed by atoms with Crippen molar-refractivity contribution in [1.29, 1.82) is 0 Å². The molecule has 0 N–H and O–H groups in total. The summed E-state index contributed by atoms with van der Waals surface area (Å²) >= 11 is 0. The van der Waals surface area contributed by atoms with E-state index < -0.39 is 0 Å². The molecule has 2 heterocycles. The first-order valence-electron chi connectivity index (χ1n) is 8.45. The number of pyridine rings is 1. The molecule has 3 aromatic rings. The molecular weight excluding hydrogens is 336 g/mol. The van der Waals surface area contributed by atoms with Crippen LogP contribution in [0.1, 0.15) is 30.7 Å². The van der Waals surface area contributed by atoms with Gasteiger partial charge in [-0.2, -0.15) is 0 Å². The van der Waals surface area contributed by atoms with Crippen LogP contribution in [0.25, 0.3) is 11.0 Å². The van der Waals surface area contributed by atoms with E-state index in [-0.39, 0.29) is 12.4 Å². The van der Waals surface area contributed by atoms with Crippen LogP contribution < -0.4 is 9.47 Å². The summed E-state index contributed by atoms with van der Waals surface area (Å²) in [6.07, 6.45) is 1.82. The zero-order chi connectivity index (χ0) is 17.1. The topological polar surface area (TPSA) is 36.3 Å². The number of hydrogen-bond donors (Lipinski definition) is 0. The summed E-state index contributed by atoms with van der Waals surface area (Å²) in [7, 11) is 0. The van der Waals surface area contributed by atoms with Crippen molar-refractivity contribution >= 4 is 23.4 Å². The highest BCUT2D eigenvalue weighted by Gasteiger charge is 2.15. The molecule has 0 aliphatic heterocycles. The highest BCUT2D eigenvalue weighted by molar-refractivity contribution is 5.86. The average Bonchev–Trinajstić information content (AvgIpc) is 2.86. The lowest BCUT2D eigenvalue weighted by atomic mass is 10.2. The third kappa shape index (κ3) is 3.59. The number of para-hydroxylation sites is 1. The fraction of sp³-hybridized carbons (Fsp3) is 0.350. The van der Waals surface area contributed by atoms with Crippen molar-refractivity contribution in [1.82, 2.24) is 9.55 Å². The Labute approximate surface area is 155 Å². The lowest BCUT2D eigenvalue weighted by molar-refractivity contribution is 0.288. The Balaban J connectivity index is 0.00000225. The van der Waals surface area contributed by atoms with Crippen LogP contribution in [-0.4, -0.2) is 16.2 Å². The summed E-state index contributed by atoms with van der Waals surface area (Å²) in [5.74, 6) is 1.74. The van der Waals surface area contributed by atoms with Crippen molar-refractivity contribution in [2.75, 3.05) is 6.61 Å². The van der Waals surface area contributed by atoms with E-state index >= 15 is 0 Å². The molecule has 134 valence electrons. The molecule has 25 heavy (non-hydrogen) atoms. The van der Waals surface area contributed by atoms with Gasteiger partial charge < -0.3 is 14.0 Å². The Morgan fingerprint density at radius 3 is 2.48 bits per heavy atom. The molecule has 0 unspecified atom stereocenters. The molecule has 0 saturated heterocycles. The molecule has 0 spiro atoms. The van der Waals surface area contributed by atoms with Gasteiger partial charge in [0, 0.05) is 30.1 Å². The van der Waals surface area contributed by atoms with Gasteiger partial charge in [-0.25, -0.2) is 0 Å². The summed E-state index contributed by atoms with van der Waals surface area (Å²) in [5, 5.41) is 0. The van der Waals surface area contributed by atoms with E-state index in [9.17, 15) is 0 Å². The van der Waals surface area contributed by atoms with E-state index in [0.717, 1.165) is 34.6 Å². The lowest BCUT2D eigenvalue weighted by Crippen LogP contribution is -2.03. The van der Waals surface area contributed by atoms with Gasteiger partial charge in [0.2, 0.25) is 0 Å². The second-order valence-corrected chi connectivity index (χ2v) is 5.79. The number of benzene rings is 1. The van der Waals surface area contributed by atoms with E-state index in [1.54, 1.807) is 0 Å². The second-order valence-electron chi connectivity index (χ2n) is 5.79. The number of fused-ring (bicyclic) bond motifs is 1.